The number of hydrogen-bond acceptors (Lipinski definition) is 5. The van der Waals surface area contributed by atoms with E-state index in [1.807, 2.05) is 19.2 Å². The number of carbonyl (C=O) groups is 1. The maximum Gasteiger partial charge on any atom is 0.387 e. The van der Waals surface area contributed by atoms with Crippen LogP contribution in [0.15, 0.2) is 42.5 Å². The SMILES string of the molecule is C#CCOc1ccc(CCC=O)cc1OC.CNCc1ccc(OC(F)F)cc1. The summed E-state index contributed by atoms with van der Waals surface area (Å²) >= 11 is 0. The Balaban J connectivity index is 0.000000296. The molecule has 0 heterocycles. The lowest BCUT2D eigenvalue weighted by Gasteiger charge is -2.10. The average molecular weight is 405 g/mol. The predicted octanol–water partition coefficient (Wildman–Crippen LogP) is 3.85. The molecule has 0 fully saturated rings. The lowest BCUT2D eigenvalue weighted by Crippen LogP contribution is -2.05. The molecule has 0 atom stereocenters. The van der Waals surface area contributed by atoms with Crippen LogP contribution in [0.5, 0.6) is 17.2 Å². The maximum atomic E-state index is 11.7. The van der Waals surface area contributed by atoms with E-state index in [-0.39, 0.29) is 12.4 Å². The molecule has 0 aliphatic rings. The quantitative estimate of drug-likeness (QED) is 0.481. The van der Waals surface area contributed by atoms with Gasteiger partial charge in [-0.15, -0.1) is 6.42 Å². The van der Waals surface area contributed by atoms with Gasteiger partial charge in [-0.1, -0.05) is 24.1 Å². The number of terminal acetylenes is 1. The standard InChI is InChI=1S/C13H14O3.C9H11F2NO/c1-3-9-16-12-7-6-11(5-4-8-14)10-13(12)15-2;1-12-6-7-2-4-8(5-3-7)13-9(10)11/h1,6-8,10H,4-5,9H2,2H3;2-5,9,12H,6H2,1H3. The summed E-state index contributed by atoms with van der Waals surface area (Å²) < 4.78 is 38.1. The van der Waals surface area contributed by atoms with Crippen molar-refractivity contribution in [1.82, 2.24) is 5.32 Å². The molecule has 7 heteroatoms. The number of carbonyl (C=O) groups excluding carboxylic acids is 1. The molecule has 0 bridgehead atoms. The Morgan fingerprint density at radius 2 is 1.83 bits per heavy atom. The molecule has 0 radical (unpaired) electrons. The zero-order valence-corrected chi connectivity index (χ0v) is 16.5. The normalized spacial score (nSPS) is 9.79. The van der Waals surface area contributed by atoms with Crippen LogP contribution in [-0.4, -0.2) is 33.7 Å². The van der Waals surface area contributed by atoms with Gasteiger partial charge in [0.05, 0.1) is 7.11 Å². The van der Waals surface area contributed by atoms with Crippen molar-refractivity contribution in [3.8, 4) is 29.6 Å². The highest BCUT2D eigenvalue weighted by molar-refractivity contribution is 5.51. The second kappa shape index (κ2) is 14.0. The van der Waals surface area contributed by atoms with E-state index < -0.39 is 6.61 Å². The number of methoxy groups -OCH3 is 1. The number of aldehydes is 1. The molecular weight excluding hydrogens is 380 g/mol. The van der Waals surface area contributed by atoms with E-state index >= 15 is 0 Å². The van der Waals surface area contributed by atoms with Crippen LogP contribution in [0.1, 0.15) is 17.5 Å². The van der Waals surface area contributed by atoms with E-state index in [0.29, 0.717) is 24.3 Å². The molecule has 0 aliphatic heterocycles. The van der Waals surface area contributed by atoms with Gasteiger partial charge in [0.2, 0.25) is 0 Å². The first-order valence-corrected chi connectivity index (χ1v) is 8.89. The molecule has 2 rings (SSSR count). The fourth-order valence-electron chi connectivity index (χ4n) is 2.32. The number of alkyl halides is 2. The second-order valence-electron chi connectivity index (χ2n) is 5.74. The highest BCUT2D eigenvalue weighted by Crippen LogP contribution is 2.28. The summed E-state index contributed by atoms with van der Waals surface area (Å²) in [5.41, 5.74) is 2.07. The number of hydrogen-bond donors (Lipinski definition) is 1. The van der Waals surface area contributed by atoms with Crippen LogP contribution in [0, 0.1) is 12.3 Å². The minimum atomic E-state index is -2.75. The van der Waals surface area contributed by atoms with Crippen LogP contribution >= 0.6 is 0 Å². The molecular formula is C22H25F2NO4. The highest BCUT2D eigenvalue weighted by Gasteiger charge is 2.05. The average Bonchev–Trinajstić information content (AvgIpc) is 2.72. The van der Waals surface area contributed by atoms with Gasteiger partial charge in [0.15, 0.2) is 11.5 Å². The smallest absolute Gasteiger partial charge is 0.387 e. The van der Waals surface area contributed by atoms with Gasteiger partial charge in [-0.2, -0.15) is 8.78 Å². The van der Waals surface area contributed by atoms with Gasteiger partial charge >= 0.3 is 6.61 Å². The zero-order chi connectivity index (χ0) is 21.5. The fourth-order valence-corrected chi connectivity index (χ4v) is 2.32. The molecule has 2 aromatic carbocycles. The minimum absolute atomic E-state index is 0.190. The van der Waals surface area contributed by atoms with Crippen molar-refractivity contribution >= 4 is 6.29 Å². The summed E-state index contributed by atoms with van der Waals surface area (Å²) in [5.74, 6) is 3.84. The van der Waals surface area contributed by atoms with Gasteiger partial charge < -0.3 is 24.3 Å². The Labute approximate surface area is 170 Å². The van der Waals surface area contributed by atoms with Gasteiger partial charge in [0.25, 0.3) is 0 Å². The largest absolute Gasteiger partial charge is 0.493 e. The molecule has 5 nitrogen and oxygen atoms in total. The highest BCUT2D eigenvalue weighted by atomic mass is 19.3. The number of ether oxygens (including phenoxy) is 3. The van der Waals surface area contributed by atoms with E-state index in [4.69, 9.17) is 15.9 Å². The minimum Gasteiger partial charge on any atom is -0.493 e. The first kappa shape index (κ1) is 23.9. The molecule has 1 N–H and O–H groups in total. The monoisotopic (exact) mass is 405 g/mol. The Kier molecular flexibility index (Phi) is 11.5. The van der Waals surface area contributed by atoms with Crippen LogP contribution in [0.25, 0.3) is 0 Å². The molecule has 0 aliphatic carbocycles. The van der Waals surface area contributed by atoms with Crippen LogP contribution in [0.3, 0.4) is 0 Å². The molecule has 0 unspecified atom stereocenters. The lowest BCUT2D eigenvalue weighted by molar-refractivity contribution is -0.107. The number of rotatable bonds is 10. The zero-order valence-electron chi connectivity index (χ0n) is 16.5. The molecule has 0 saturated heterocycles. The van der Waals surface area contributed by atoms with Crippen LogP contribution in [0.2, 0.25) is 0 Å². The van der Waals surface area contributed by atoms with E-state index in [2.05, 4.69) is 16.0 Å². The van der Waals surface area contributed by atoms with Crippen LogP contribution < -0.4 is 19.5 Å². The first-order valence-electron chi connectivity index (χ1n) is 8.89. The third-order valence-corrected chi connectivity index (χ3v) is 3.62. The van der Waals surface area contributed by atoms with Crippen molar-refractivity contribution in [2.45, 2.75) is 26.0 Å². The summed E-state index contributed by atoms with van der Waals surface area (Å²) in [5, 5.41) is 2.96. The number of halogens is 2. The summed E-state index contributed by atoms with van der Waals surface area (Å²) in [6, 6.07) is 12.1. The third kappa shape index (κ3) is 9.58. The molecule has 156 valence electrons. The Bertz CT molecular complexity index is 773. The van der Waals surface area contributed by atoms with Crippen molar-refractivity contribution in [3.05, 3.63) is 53.6 Å². The van der Waals surface area contributed by atoms with Crippen molar-refractivity contribution < 1.29 is 27.8 Å². The van der Waals surface area contributed by atoms with Crippen molar-refractivity contribution in [1.29, 1.82) is 0 Å². The van der Waals surface area contributed by atoms with Gasteiger partial charge in [0.1, 0.15) is 18.6 Å². The number of aryl methyl sites for hydroxylation is 1. The maximum absolute atomic E-state index is 11.7. The van der Waals surface area contributed by atoms with E-state index in [1.165, 1.54) is 12.1 Å². The lowest BCUT2D eigenvalue weighted by atomic mass is 10.1. The summed E-state index contributed by atoms with van der Waals surface area (Å²) in [6.07, 6.45) is 7.22. The van der Waals surface area contributed by atoms with E-state index in [1.54, 1.807) is 25.3 Å². The third-order valence-electron chi connectivity index (χ3n) is 3.62. The molecule has 29 heavy (non-hydrogen) atoms. The predicted molar refractivity (Wildman–Crippen MR) is 108 cm³/mol. The summed E-state index contributed by atoms with van der Waals surface area (Å²) in [6.45, 7) is -1.82. The number of nitrogens with one attached hydrogen (secondary N) is 1. The fraction of sp³-hybridized carbons (Fsp3) is 0.318. The second-order valence-corrected chi connectivity index (χ2v) is 5.74. The van der Waals surface area contributed by atoms with E-state index in [9.17, 15) is 13.6 Å². The molecule has 0 aromatic heterocycles. The van der Waals surface area contributed by atoms with Crippen molar-refractivity contribution in [2.75, 3.05) is 20.8 Å². The van der Waals surface area contributed by atoms with Gasteiger partial charge in [0, 0.05) is 13.0 Å². The van der Waals surface area contributed by atoms with Crippen molar-refractivity contribution in [2.24, 2.45) is 0 Å². The number of benzene rings is 2. The molecule has 0 saturated carbocycles. The summed E-state index contributed by atoms with van der Waals surface area (Å²) in [4.78, 5) is 10.3. The molecule has 0 amide bonds. The van der Waals surface area contributed by atoms with Gasteiger partial charge in [-0.05, 0) is 48.9 Å². The Morgan fingerprint density at radius 1 is 1.14 bits per heavy atom. The molecule has 2 aromatic rings. The topological polar surface area (TPSA) is 56.8 Å². The van der Waals surface area contributed by atoms with Gasteiger partial charge in [-0.3, -0.25) is 0 Å². The van der Waals surface area contributed by atoms with Gasteiger partial charge in [-0.25, -0.2) is 0 Å². The van der Waals surface area contributed by atoms with Crippen molar-refractivity contribution in [3.63, 3.8) is 0 Å². The Morgan fingerprint density at radius 3 is 2.38 bits per heavy atom. The Hall–Kier alpha value is -3.11. The van der Waals surface area contributed by atoms with E-state index in [0.717, 1.165) is 24.0 Å². The van der Waals surface area contributed by atoms with Crippen LogP contribution in [0.4, 0.5) is 8.78 Å². The first-order chi connectivity index (χ1) is 14.0. The van der Waals surface area contributed by atoms with Crippen LogP contribution in [-0.2, 0) is 17.8 Å². The molecule has 0 spiro atoms. The summed E-state index contributed by atoms with van der Waals surface area (Å²) in [7, 11) is 3.39.